The molecular formula is C10H12N4O2. The lowest BCUT2D eigenvalue weighted by molar-refractivity contribution is 0.404. The maximum absolute atomic E-state index is 5.76. The molecule has 0 aliphatic carbocycles. The number of methoxy groups -OCH3 is 1. The summed E-state index contributed by atoms with van der Waals surface area (Å²) >= 11 is 0. The van der Waals surface area contributed by atoms with Gasteiger partial charge in [0.25, 0.3) is 0 Å². The first-order chi connectivity index (χ1) is 7.69. The highest BCUT2D eigenvalue weighted by molar-refractivity contribution is 5.56. The minimum Gasteiger partial charge on any atom is -0.497 e. The molecule has 0 aliphatic heterocycles. The van der Waals surface area contributed by atoms with E-state index in [0.29, 0.717) is 17.2 Å². The van der Waals surface area contributed by atoms with Gasteiger partial charge in [0.1, 0.15) is 12.1 Å². The van der Waals surface area contributed by atoms with E-state index in [1.54, 1.807) is 43.4 Å². The van der Waals surface area contributed by atoms with Crippen molar-refractivity contribution in [2.75, 3.05) is 12.8 Å². The molecule has 1 heterocycles. The maximum Gasteiger partial charge on any atom is 0.341 e. The Bertz CT molecular complexity index is 495. The molecule has 0 aliphatic rings. The van der Waals surface area contributed by atoms with E-state index >= 15 is 0 Å². The van der Waals surface area contributed by atoms with Gasteiger partial charge in [0.05, 0.1) is 12.8 Å². The van der Waals surface area contributed by atoms with Gasteiger partial charge in [-0.1, -0.05) is 0 Å². The van der Waals surface area contributed by atoms with Crippen LogP contribution in [0.5, 0.6) is 17.5 Å². The predicted molar refractivity (Wildman–Crippen MR) is 58.5 cm³/mol. The number of nitrogens with two attached hydrogens (primary N) is 1. The molecule has 2 N–H and O–H groups in total. The molecule has 84 valence electrons. The van der Waals surface area contributed by atoms with Crippen molar-refractivity contribution in [3.05, 3.63) is 24.5 Å². The third-order valence-electron chi connectivity index (χ3n) is 2.00. The molecule has 1 aromatic heterocycles. The molecule has 6 heteroatoms. The monoisotopic (exact) mass is 220 g/mol. The molecular weight excluding hydrogens is 208 g/mol. The van der Waals surface area contributed by atoms with Crippen molar-refractivity contribution in [2.24, 2.45) is 7.05 Å². The normalized spacial score (nSPS) is 10.1. The number of hydrogen-bond acceptors (Lipinski definition) is 5. The van der Waals surface area contributed by atoms with Crippen molar-refractivity contribution in [3.63, 3.8) is 0 Å². The largest absolute Gasteiger partial charge is 0.497 e. The molecule has 2 rings (SSSR count). The van der Waals surface area contributed by atoms with E-state index < -0.39 is 0 Å². The summed E-state index contributed by atoms with van der Waals surface area (Å²) in [6.07, 6.45) is 1.55. The summed E-state index contributed by atoms with van der Waals surface area (Å²) in [5.41, 5.74) is 6.26. The van der Waals surface area contributed by atoms with E-state index in [9.17, 15) is 0 Å². The number of aromatic nitrogens is 3. The minimum atomic E-state index is 0.252. The van der Waals surface area contributed by atoms with Gasteiger partial charge < -0.3 is 15.2 Å². The van der Waals surface area contributed by atoms with Crippen molar-refractivity contribution < 1.29 is 9.47 Å². The van der Waals surface area contributed by atoms with Crippen LogP contribution >= 0.6 is 0 Å². The van der Waals surface area contributed by atoms with E-state index in [4.69, 9.17) is 15.2 Å². The molecule has 6 nitrogen and oxygen atoms in total. The van der Waals surface area contributed by atoms with Crippen LogP contribution in [0.1, 0.15) is 0 Å². The number of rotatable bonds is 3. The SMILES string of the molecule is COc1ccc(N)c(Oc2ncn(C)n2)c1. The Morgan fingerprint density at radius 2 is 2.19 bits per heavy atom. The quantitative estimate of drug-likeness (QED) is 0.786. The first kappa shape index (κ1) is 10.3. The summed E-state index contributed by atoms with van der Waals surface area (Å²) in [6, 6.07) is 5.40. The fraction of sp³-hybridized carbons (Fsp3) is 0.200. The summed E-state index contributed by atoms with van der Waals surface area (Å²) in [5.74, 6) is 1.14. The molecule has 0 radical (unpaired) electrons. The molecule has 16 heavy (non-hydrogen) atoms. The molecule has 0 amide bonds. The number of aryl methyl sites for hydroxylation is 1. The number of benzene rings is 1. The zero-order valence-electron chi connectivity index (χ0n) is 9.04. The number of nitrogens with zero attached hydrogens (tertiary/aromatic N) is 3. The van der Waals surface area contributed by atoms with Crippen molar-refractivity contribution in [1.82, 2.24) is 14.8 Å². The van der Waals surface area contributed by atoms with Gasteiger partial charge in [0.2, 0.25) is 0 Å². The summed E-state index contributed by atoms with van der Waals surface area (Å²) < 4.78 is 12.0. The van der Waals surface area contributed by atoms with Crippen LogP contribution < -0.4 is 15.2 Å². The molecule has 0 saturated heterocycles. The van der Waals surface area contributed by atoms with Crippen LogP contribution in [0.2, 0.25) is 0 Å². The molecule has 2 aromatic rings. The van der Waals surface area contributed by atoms with E-state index in [0.717, 1.165) is 0 Å². The van der Waals surface area contributed by atoms with Gasteiger partial charge in [-0.3, -0.25) is 4.68 Å². The average Bonchev–Trinajstić information content (AvgIpc) is 2.67. The zero-order chi connectivity index (χ0) is 11.5. The summed E-state index contributed by atoms with van der Waals surface area (Å²) in [7, 11) is 3.34. The Morgan fingerprint density at radius 3 is 2.81 bits per heavy atom. The molecule has 0 saturated carbocycles. The Balaban J connectivity index is 2.26. The molecule has 0 fully saturated rings. The first-order valence-corrected chi connectivity index (χ1v) is 4.66. The van der Waals surface area contributed by atoms with Crippen molar-refractivity contribution in [1.29, 1.82) is 0 Å². The lowest BCUT2D eigenvalue weighted by atomic mass is 10.3. The van der Waals surface area contributed by atoms with Crippen LogP contribution in [0.3, 0.4) is 0 Å². The topological polar surface area (TPSA) is 75.2 Å². The van der Waals surface area contributed by atoms with Crippen LogP contribution in [0.25, 0.3) is 0 Å². The Labute approximate surface area is 92.6 Å². The Morgan fingerprint density at radius 1 is 1.38 bits per heavy atom. The third kappa shape index (κ3) is 2.05. The van der Waals surface area contributed by atoms with Crippen LogP contribution in [-0.2, 0) is 7.05 Å². The highest BCUT2D eigenvalue weighted by Crippen LogP contribution is 2.29. The van der Waals surface area contributed by atoms with Gasteiger partial charge in [0.15, 0.2) is 5.75 Å². The van der Waals surface area contributed by atoms with Crippen LogP contribution in [0.15, 0.2) is 24.5 Å². The van der Waals surface area contributed by atoms with Crippen LogP contribution in [-0.4, -0.2) is 21.9 Å². The summed E-state index contributed by atoms with van der Waals surface area (Å²) in [6.45, 7) is 0. The molecule has 0 spiro atoms. The third-order valence-corrected chi connectivity index (χ3v) is 2.00. The number of hydrogen-bond donors (Lipinski definition) is 1. The first-order valence-electron chi connectivity index (χ1n) is 4.66. The lowest BCUT2D eigenvalue weighted by Crippen LogP contribution is -1.95. The second-order valence-corrected chi connectivity index (χ2v) is 3.21. The number of ether oxygens (including phenoxy) is 2. The molecule has 0 unspecified atom stereocenters. The molecule has 0 atom stereocenters. The van der Waals surface area contributed by atoms with Crippen LogP contribution in [0.4, 0.5) is 5.69 Å². The number of nitrogen functional groups attached to an aromatic ring is 1. The minimum absolute atomic E-state index is 0.252. The van der Waals surface area contributed by atoms with Crippen molar-refractivity contribution in [2.45, 2.75) is 0 Å². The highest BCUT2D eigenvalue weighted by Gasteiger charge is 2.07. The summed E-state index contributed by atoms with van der Waals surface area (Å²) in [4.78, 5) is 3.94. The van der Waals surface area contributed by atoms with E-state index in [-0.39, 0.29) is 6.01 Å². The van der Waals surface area contributed by atoms with Gasteiger partial charge in [-0.2, -0.15) is 4.98 Å². The second-order valence-electron chi connectivity index (χ2n) is 3.21. The fourth-order valence-electron chi connectivity index (χ4n) is 1.19. The van der Waals surface area contributed by atoms with E-state index in [1.165, 1.54) is 0 Å². The number of anilines is 1. The fourth-order valence-corrected chi connectivity index (χ4v) is 1.19. The average molecular weight is 220 g/mol. The molecule has 0 bridgehead atoms. The van der Waals surface area contributed by atoms with Gasteiger partial charge in [-0.25, -0.2) is 0 Å². The van der Waals surface area contributed by atoms with Gasteiger partial charge in [-0.15, -0.1) is 5.10 Å². The van der Waals surface area contributed by atoms with Crippen molar-refractivity contribution >= 4 is 5.69 Å². The van der Waals surface area contributed by atoms with Gasteiger partial charge >= 0.3 is 6.01 Å². The van der Waals surface area contributed by atoms with Crippen molar-refractivity contribution in [3.8, 4) is 17.5 Å². The van der Waals surface area contributed by atoms with E-state index in [2.05, 4.69) is 10.1 Å². The zero-order valence-corrected chi connectivity index (χ0v) is 9.04. The van der Waals surface area contributed by atoms with Gasteiger partial charge in [0, 0.05) is 13.1 Å². The predicted octanol–water partition coefficient (Wildman–Crippen LogP) is 1.20. The highest BCUT2D eigenvalue weighted by atomic mass is 16.5. The van der Waals surface area contributed by atoms with Crippen LogP contribution in [0, 0.1) is 0 Å². The van der Waals surface area contributed by atoms with Gasteiger partial charge in [-0.05, 0) is 12.1 Å². The standard InChI is InChI=1S/C10H12N4O2/c1-14-6-12-10(13-14)16-9-5-7(15-2)3-4-8(9)11/h3-6H,11H2,1-2H3. The Kier molecular flexibility index (Phi) is 2.63. The molecule has 1 aromatic carbocycles. The summed E-state index contributed by atoms with van der Waals surface area (Å²) in [5, 5.41) is 3.99. The lowest BCUT2D eigenvalue weighted by Gasteiger charge is -2.06. The second kappa shape index (κ2) is 4.09. The van der Waals surface area contributed by atoms with E-state index in [1.807, 2.05) is 0 Å². The smallest absolute Gasteiger partial charge is 0.341 e. The maximum atomic E-state index is 5.76. The Hall–Kier alpha value is -2.24.